The maximum Gasteiger partial charge on any atom is 0.242 e. The van der Waals surface area contributed by atoms with Crippen molar-refractivity contribution in [1.29, 1.82) is 0 Å². The fourth-order valence-corrected chi connectivity index (χ4v) is 6.11. The summed E-state index contributed by atoms with van der Waals surface area (Å²) in [5.41, 5.74) is 0.128. The molecule has 11 heteroatoms. The smallest absolute Gasteiger partial charge is 0.242 e. The quantitative estimate of drug-likeness (QED) is 0.408. The van der Waals surface area contributed by atoms with Crippen molar-refractivity contribution in [2.45, 2.75) is 50.6 Å². The Labute approximate surface area is 205 Å². The van der Waals surface area contributed by atoms with Gasteiger partial charge in [0.15, 0.2) is 17.5 Å². The molecular formula is C24H25ClF3N7. The van der Waals surface area contributed by atoms with Gasteiger partial charge in [0, 0.05) is 43.2 Å². The zero-order valence-corrected chi connectivity index (χ0v) is 19.7. The highest BCUT2D eigenvalue weighted by atomic mass is 35.5. The Bertz CT molecular complexity index is 1240. The highest BCUT2D eigenvalue weighted by molar-refractivity contribution is 6.29. The van der Waals surface area contributed by atoms with Crippen molar-refractivity contribution < 1.29 is 13.2 Å². The lowest BCUT2D eigenvalue weighted by molar-refractivity contribution is 0.374. The van der Waals surface area contributed by atoms with Gasteiger partial charge in [0.25, 0.3) is 0 Å². The molecule has 2 aliphatic heterocycles. The molecule has 2 aromatic heterocycles. The van der Waals surface area contributed by atoms with Crippen molar-refractivity contribution in [3.63, 3.8) is 0 Å². The van der Waals surface area contributed by atoms with Gasteiger partial charge in [-0.25, -0.2) is 27.8 Å². The molecule has 1 saturated heterocycles. The van der Waals surface area contributed by atoms with E-state index in [1.807, 2.05) is 0 Å². The van der Waals surface area contributed by atoms with E-state index in [1.165, 1.54) is 12.4 Å². The largest absolute Gasteiger partial charge is 0.356 e. The summed E-state index contributed by atoms with van der Waals surface area (Å²) in [5, 5.41) is 8.67. The van der Waals surface area contributed by atoms with Crippen molar-refractivity contribution in [3.8, 4) is 0 Å². The predicted molar refractivity (Wildman–Crippen MR) is 125 cm³/mol. The van der Waals surface area contributed by atoms with E-state index in [0.717, 1.165) is 50.7 Å². The first kappa shape index (κ1) is 22.6. The molecule has 35 heavy (non-hydrogen) atoms. The van der Waals surface area contributed by atoms with Crippen molar-refractivity contribution in [2.75, 3.05) is 23.3 Å². The predicted octanol–water partition coefficient (Wildman–Crippen LogP) is 4.78. The lowest BCUT2D eigenvalue weighted by Crippen LogP contribution is -2.48. The molecule has 184 valence electrons. The van der Waals surface area contributed by atoms with Crippen LogP contribution in [0, 0.1) is 29.3 Å². The van der Waals surface area contributed by atoms with Crippen molar-refractivity contribution >= 4 is 23.4 Å². The molecule has 2 bridgehead atoms. The molecule has 0 spiro atoms. The van der Waals surface area contributed by atoms with Gasteiger partial charge >= 0.3 is 0 Å². The summed E-state index contributed by atoms with van der Waals surface area (Å²) in [6, 6.07) is 4.31. The molecule has 1 saturated carbocycles. The number of benzene rings is 1. The normalized spacial score (nSPS) is 25.9. The number of nitrogens with zero attached hydrogens (tertiary/aromatic N) is 6. The van der Waals surface area contributed by atoms with E-state index in [2.05, 4.69) is 25.3 Å². The molecule has 6 rings (SSSR count). The molecule has 0 amide bonds. The number of hydrogen-bond donors (Lipinski definition) is 1. The van der Waals surface area contributed by atoms with Gasteiger partial charge in [-0.15, -0.1) is 5.10 Å². The van der Waals surface area contributed by atoms with Gasteiger partial charge in [-0.3, -0.25) is 0 Å². The van der Waals surface area contributed by atoms with Gasteiger partial charge in [-0.05, 0) is 43.6 Å². The highest BCUT2D eigenvalue weighted by Gasteiger charge is 2.43. The first-order valence-corrected chi connectivity index (χ1v) is 12.4. The van der Waals surface area contributed by atoms with Crippen LogP contribution >= 0.6 is 11.6 Å². The van der Waals surface area contributed by atoms with E-state index >= 15 is 0 Å². The van der Waals surface area contributed by atoms with E-state index in [0.29, 0.717) is 41.7 Å². The number of piperidine rings is 1. The summed E-state index contributed by atoms with van der Waals surface area (Å²) in [4.78, 5) is 15.4. The Kier molecular flexibility index (Phi) is 5.78. The number of hydrogen-bond acceptors (Lipinski definition) is 6. The van der Waals surface area contributed by atoms with E-state index in [1.54, 1.807) is 10.7 Å². The zero-order valence-electron chi connectivity index (χ0n) is 19.0. The van der Waals surface area contributed by atoms with Crippen LogP contribution in [0.25, 0.3) is 0 Å². The fraction of sp³-hybridized carbons (Fsp3) is 0.500. The van der Waals surface area contributed by atoms with Crippen LogP contribution in [0.1, 0.15) is 49.4 Å². The number of nitrogens with one attached hydrogen (secondary N) is 1. The van der Waals surface area contributed by atoms with Crippen molar-refractivity contribution in [2.24, 2.45) is 11.8 Å². The Morgan fingerprint density at radius 1 is 0.971 bits per heavy atom. The summed E-state index contributed by atoms with van der Waals surface area (Å²) in [6.07, 6.45) is 5.96. The van der Waals surface area contributed by atoms with E-state index < -0.39 is 23.4 Å². The highest BCUT2D eigenvalue weighted by Crippen LogP contribution is 2.40. The number of anilines is 2. The van der Waals surface area contributed by atoms with E-state index in [4.69, 9.17) is 16.6 Å². The van der Waals surface area contributed by atoms with Gasteiger partial charge in [-0.2, -0.15) is 4.98 Å². The average molecular weight is 504 g/mol. The molecular weight excluding hydrogens is 479 g/mol. The van der Waals surface area contributed by atoms with Crippen LogP contribution in [0.15, 0.2) is 24.5 Å². The topological polar surface area (TPSA) is 71.8 Å². The molecule has 3 aliphatic rings. The Balaban J connectivity index is 1.24. The molecule has 1 N–H and O–H groups in total. The van der Waals surface area contributed by atoms with Gasteiger partial charge < -0.3 is 10.2 Å². The minimum atomic E-state index is -1.44. The summed E-state index contributed by atoms with van der Waals surface area (Å²) < 4.78 is 44.0. The Morgan fingerprint density at radius 3 is 2.54 bits per heavy atom. The molecule has 4 heterocycles. The molecule has 2 unspecified atom stereocenters. The Morgan fingerprint density at radius 2 is 1.77 bits per heavy atom. The van der Waals surface area contributed by atoms with Gasteiger partial charge in [0.1, 0.15) is 23.1 Å². The van der Waals surface area contributed by atoms with Crippen LogP contribution in [-0.4, -0.2) is 43.9 Å². The van der Waals surface area contributed by atoms with Gasteiger partial charge in [-0.1, -0.05) is 24.1 Å². The summed E-state index contributed by atoms with van der Waals surface area (Å²) in [7, 11) is 0. The maximum atomic E-state index is 14.7. The SMILES string of the molecule is Fc1ccc([C@@H]2CCCCn3nc(NC4C5CC[C@H]4CN(c4cc(Cl)ncn4)C5)nc32)c(F)c1F. The third kappa shape index (κ3) is 4.11. The van der Waals surface area contributed by atoms with Crippen molar-refractivity contribution in [3.05, 3.63) is 58.5 Å². The average Bonchev–Trinajstić information content (AvgIpc) is 3.25. The van der Waals surface area contributed by atoms with Gasteiger partial charge in [0.05, 0.1) is 0 Å². The minimum absolute atomic E-state index is 0.128. The molecule has 4 atom stereocenters. The molecule has 0 radical (unpaired) electrons. The first-order chi connectivity index (χ1) is 17.0. The number of aryl methyl sites for hydroxylation is 1. The minimum Gasteiger partial charge on any atom is -0.356 e. The second kappa shape index (κ2) is 8.96. The number of halogens is 4. The van der Waals surface area contributed by atoms with Gasteiger partial charge in [0.2, 0.25) is 5.95 Å². The summed E-state index contributed by atoms with van der Waals surface area (Å²) in [5.74, 6) is -1.52. The summed E-state index contributed by atoms with van der Waals surface area (Å²) >= 11 is 6.06. The maximum absolute atomic E-state index is 14.7. The zero-order chi connectivity index (χ0) is 24.1. The third-order valence-corrected chi connectivity index (χ3v) is 7.84. The molecule has 3 aromatic rings. The number of rotatable bonds is 4. The van der Waals surface area contributed by atoms with Crippen LogP contribution in [0.4, 0.5) is 24.9 Å². The first-order valence-electron chi connectivity index (χ1n) is 12.0. The molecule has 1 aliphatic carbocycles. The van der Waals surface area contributed by atoms with E-state index in [-0.39, 0.29) is 11.6 Å². The number of fused-ring (bicyclic) bond motifs is 3. The third-order valence-electron chi connectivity index (χ3n) is 7.64. The molecule has 7 nitrogen and oxygen atoms in total. The van der Waals surface area contributed by atoms with Crippen LogP contribution in [0.5, 0.6) is 0 Å². The molecule has 1 aromatic carbocycles. The van der Waals surface area contributed by atoms with E-state index in [9.17, 15) is 13.2 Å². The van der Waals surface area contributed by atoms with Crippen LogP contribution < -0.4 is 10.2 Å². The second-order valence-corrected chi connectivity index (χ2v) is 10.1. The fourth-order valence-electron chi connectivity index (χ4n) is 5.97. The van der Waals surface area contributed by atoms with Crippen molar-refractivity contribution in [1.82, 2.24) is 24.7 Å². The standard InChI is InChI=1S/C24H25ClF3N7/c25-18-9-19(30-12-29-18)34-10-13-4-5-14(11-34)22(13)31-24-32-23-16(3-1-2-8-35(23)33-24)15-6-7-17(26)21(28)20(15)27/h6-7,9,12-14,16,22H,1-5,8,10-11H2,(H,31,33)/t13-,14?,16-,22?/m0/s1. The summed E-state index contributed by atoms with van der Waals surface area (Å²) in [6.45, 7) is 2.35. The molecule has 2 fully saturated rings. The second-order valence-electron chi connectivity index (χ2n) is 9.70. The monoisotopic (exact) mass is 503 g/mol. The Hall–Kier alpha value is -2.88. The van der Waals surface area contributed by atoms with Crippen LogP contribution in [0.2, 0.25) is 5.15 Å². The lowest BCUT2D eigenvalue weighted by Gasteiger charge is -2.38. The number of aromatic nitrogens is 5. The van der Waals surface area contributed by atoms with Crippen LogP contribution in [-0.2, 0) is 6.54 Å². The van der Waals surface area contributed by atoms with Crippen LogP contribution in [0.3, 0.4) is 0 Å². The lowest BCUT2D eigenvalue weighted by atomic mass is 9.92.